The maximum Gasteiger partial charge on any atom is 0.0626 e. The van der Waals surface area contributed by atoms with Crippen LogP contribution in [-0.4, -0.2) is 17.8 Å². The molecule has 2 fully saturated rings. The molecule has 0 radical (unpaired) electrons. The van der Waals surface area contributed by atoms with Gasteiger partial charge in [0.1, 0.15) is 0 Å². The molecule has 0 aliphatic heterocycles. The average molecular weight is 245 g/mol. The van der Waals surface area contributed by atoms with E-state index in [1.807, 2.05) is 0 Å². The Labute approximate surface area is 109 Å². The van der Waals surface area contributed by atoms with Crippen LogP contribution in [-0.2, 0) is 0 Å². The fourth-order valence-electron chi connectivity index (χ4n) is 3.08. The number of hydrogen-bond acceptors (Lipinski definition) is 2. The second kappa shape index (κ2) is 5.41. The molecule has 1 aromatic carbocycles. The van der Waals surface area contributed by atoms with Gasteiger partial charge in [-0.15, -0.1) is 0 Å². The molecule has 0 saturated heterocycles. The lowest BCUT2D eigenvalue weighted by molar-refractivity contribution is 0.233. The third-order valence-electron chi connectivity index (χ3n) is 4.34. The monoisotopic (exact) mass is 245 g/mol. The molecular weight excluding hydrogens is 222 g/mol. The second-order valence-electron chi connectivity index (χ2n) is 5.83. The number of hydrogen-bond donors (Lipinski definition) is 2. The molecule has 0 aromatic heterocycles. The lowest BCUT2D eigenvalue weighted by Gasteiger charge is -2.22. The summed E-state index contributed by atoms with van der Waals surface area (Å²) in [4.78, 5) is 0. The highest BCUT2D eigenvalue weighted by Crippen LogP contribution is 2.40. The van der Waals surface area contributed by atoms with Crippen molar-refractivity contribution in [2.45, 2.75) is 56.5 Å². The third-order valence-corrected chi connectivity index (χ3v) is 4.34. The van der Waals surface area contributed by atoms with Crippen molar-refractivity contribution in [3.8, 4) is 0 Å². The minimum atomic E-state index is 0.117. The Kier molecular flexibility index (Phi) is 3.67. The standard InChI is InChI=1S/C16H23NO/c18-11-16(17-15-6-1-2-7-15)14-5-3-4-13(10-14)12-8-9-12/h3-5,10,12,15-18H,1-2,6-9,11H2. The Morgan fingerprint density at radius 1 is 1.17 bits per heavy atom. The highest BCUT2D eigenvalue weighted by Gasteiger charge is 2.25. The topological polar surface area (TPSA) is 32.3 Å². The highest BCUT2D eigenvalue weighted by atomic mass is 16.3. The molecule has 1 atom stereocenters. The predicted molar refractivity (Wildman–Crippen MR) is 73.6 cm³/mol. The molecular formula is C16H23NO. The van der Waals surface area contributed by atoms with Crippen molar-refractivity contribution in [3.63, 3.8) is 0 Å². The van der Waals surface area contributed by atoms with Crippen LogP contribution >= 0.6 is 0 Å². The Bertz CT molecular complexity index is 394. The van der Waals surface area contributed by atoms with E-state index in [-0.39, 0.29) is 12.6 Å². The van der Waals surface area contributed by atoms with Gasteiger partial charge in [0.15, 0.2) is 0 Å². The summed E-state index contributed by atoms with van der Waals surface area (Å²) in [5.41, 5.74) is 2.72. The van der Waals surface area contributed by atoms with Crippen LogP contribution in [0.25, 0.3) is 0 Å². The molecule has 1 unspecified atom stereocenters. The quantitative estimate of drug-likeness (QED) is 0.835. The zero-order chi connectivity index (χ0) is 12.4. The summed E-state index contributed by atoms with van der Waals surface area (Å²) in [7, 11) is 0. The summed E-state index contributed by atoms with van der Waals surface area (Å²) >= 11 is 0. The van der Waals surface area contributed by atoms with E-state index in [0.717, 1.165) is 5.92 Å². The molecule has 18 heavy (non-hydrogen) atoms. The maximum atomic E-state index is 9.62. The van der Waals surface area contributed by atoms with Crippen molar-refractivity contribution < 1.29 is 5.11 Å². The highest BCUT2D eigenvalue weighted by molar-refractivity contribution is 5.31. The smallest absolute Gasteiger partial charge is 0.0626 e. The number of benzene rings is 1. The van der Waals surface area contributed by atoms with E-state index in [0.29, 0.717) is 6.04 Å². The molecule has 2 saturated carbocycles. The molecule has 0 spiro atoms. The molecule has 2 N–H and O–H groups in total. The normalized spacial score (nSPS) is 22.3. The van der Waals surface area contributed by atoms with E-state index < -0.39 is 0 Å². The van der Waals surface area contributed by atoms with Crippen molar-refractivity contribution in [1.82, 2.24) is 5.32 Å². The summed E-state index contributed by atoms with van der Waals surface area (Å²) in [5, 5.41) is 13.2. The first-order valence-electron chi connectivity index (χ1n) is 7.33. The van der Waals surface area contributed by atoms with Gasteiger partial charge >= 0.3 is 0 Å². The van der Waals surface area contributed by atoms with Gasteiger partial charge in [-0.2, -0.15) is 0 Å². The van der Waals surface area contributed by atoms with E-state index in [4.69, 9.17) is 0 Å². The molecule has 0 amide bonds. The fraction of sp³-hybridized carbons (Fsp3) is 0.625. The Morgan fingerprint density at radius 3 is 2.61 bits per heavy atom. The first-order valence-corrected chi connectivity index (χ1v) is 7.33. The van der Waals surface area contributed by atoms with Crippen LogP contribution in [0.15, 0.2) is 24.3 Å². The first kappa shape index (κ1) is 12.2. The molecule has 2 heteroatoms. The molecule has 0 bridgehead atoms. The van der Waals surface area contributed by atoms with E-state index in [1.165, 1.54) is 49.7 Å². The third kappa shape index (κ3) is 2.76. The largest absolute Gasteiger partial charge is 0.394 e. The Morgan fingerprint density at radius 2 is 1.94 bits per heavy atom. The molecule has 3 rings (SSSR count). The molecule has 1 aromatic rings. The average Bonchev–Trinajstić information content (AvgIpc) is 3.14. The molecule has 2 aliphatic rings. The van der Waals surface area contributed by atoms with Crippen molar-refractivity contribution in [3.05, 3.63) is 35.4 Å². The van der Waals surface area contributed by atoms with E-state index in [1.54, 1.807) is 0 Å². The maximum absolute atomic E-state index is 9.62. The van der Waals surface area contributed by atoms with Crippen molar-refractivity contribution >= 4 is 0 Å². The zero-order valence-corrected chi connectivity index (χ0v) is 10.9. The van der Waals surface area contributed by atoms with Gasteiger partial charge in [-0.25, -0.2) is 0 Å². The summed E-state index contributed by atoms with van der Waals surface area (Å²) in [6.45, 7) is 0.199. The van der Waals surface area contributed by atoms with Gasteiger partial charge < -0.3 is 10.4 Å². The molecule has 0 heterocycles. The van der Waals surface area contributed by atoms with Crippen LogP contribution in [0.2, 0.25) is 0 Å². The fourth-order valence-corrected chi connectivity index (χ4v) is 3.08. The summed E-state index contributed by atoms with van der Waals surface area (Å²) < 4.78 is 0. The second-order valence-corrected chi connectivity index (χ2v) is 5.83. The predicted octanol–water partition coefficient (Wildman–Crippen LogP) is 3.13. The molecule has 2 nitrogen and oxygen atoms in total. The SMILES string of the molecule is OCC(NC1CCCC1)c1cccc(C2CC2)c1. The van der Waals surface area contributed by atoms with Gasteiger partial charge in [0, 0.05) is 6.04 Å². The van der Waals surface area contributed by atoms with Gasteiger partial charge in [-0.05, 0) is 42.7 Å². The zero-order valence-electron chi connectivity index (χ0n) is 10.9. The molecule has 98 valence electrons. The van der Waals surface area contributed by atoms with Crippen LogP contribution in [0.5, 0.6) is 0 Å². The van der Waals surface area contributed by atoms with Crippen LogP contribution in [0, 0.1) is 0 Å². The minimum absolute atomic E-state index is 0.117. The van der Waals surface area contributed by atoms with E-state index in [9.17, 15) is 5.11 Å². The Hall–Kier alpha value is -0.860. The van der Waals surface area contributed by atoms with Crippen LogP contribution in [0.4, 0.5) is 0 Å². The van der Waals surface area contributed by atoms with Crippen molar-refractivity contribution in [2.24, 2.45) is 0 Å². The minimum Gasteiger partial charge on any atom is -0.394 e. The van der Waals surface area contributed by atoms with Crippen molar-refractivity contribution in [2.75, 3.05) is 6.61 Å². The number of nitrogens with one attached hydrogen (secondary N) is 1. The van der Waals surface area contributed by atoms with Gasteiger partial charge in [0.05, 0.1) is 12.6 Å². The van der Waals surface area contributed by atoms with Crippen LogP contribution in [0.3, 0.4) is 0 Å². The van der Waals surface area contributed by atoms with Crippen molar-refractivity contribution in [1.29, 1.82) is 0 Å². The molecule has 2 aliphatic carbocycles. The van der Waals surface area contributed by atoms with E-state index in [2.05, 4.69) is 29.6 Å². The van der Waals surface area contributed by atoms with Crippen LogP contribution < -0.4 is 5.32 Å². The van der Waals surface area contributed by atoms with Crippen LogP contribution in [0.1, 0.15) is 61.6 Å². The summed E-state index contributed by atoms with van der Waals surface area (Å²) in [5.74, 6) is 0.788. The van der Waals surface area contributed by atoms with Gasteiger partial charge in [0.25, 0.3) is 0 Å². The lowest BCUT2D eigenvalue weighted by Crippen LogP contribution is -2.32. The summed E-state index contributed by atoms with van der Waals surface area (Å²) in [6.07, 6.45) is 7.86. The van der Waals surface area contributed by atoms with Gasteiger partial charge in [-0.1, -0.05) is 37.1 Å². The Balaban J connectivity index is 1.71. The summed E-state index contributed by atoms with van der Waals surface area (Å²) in [6, 6.07) is 9.53. The van der Waals surface area contributed by atoms with E-state index >= 15 is 0 Å². The first-order chi connectivity index (χ1) is 8.86. The van der Waals surface area contributed by atoms with Gasteiger partial charge in [0.2, 0.25) is 0 Å². The number of aliphatic hydroxyl groups excluding tert-OH is 1. The number of rotatable bonds is 5. The lowest BCUT2D eigenvalue weighted by atomic mass is 10.0. The number of aliphatic hydroxyl groups is 1. The van der Waals surface area contributed by atoms with Gasteiger partial charge in [-0.3, -0.25) is 0 Å².